The van der Waals surface area contributed by atoms with Crippen LogP contribution in [0.4, 0.5) is 0 Å². The molecule has 4 rings (SSSR count). The molecule has 2 aromatic carbocycles. The number of aromatic nitrogens is 2. The Morgan fingerprint density at radius 3 is 2.67 bits per heavy atom. The van der Waals surface area contributed by atoms with Gasteiger partial charge in [0.15, 0.2) is 5.78 Å². The van der Waals surface area contributed by atoms with Gasteiger partial charge in [0.2, 0.25) is 0 Å². The van der Waals surface area contributed by atoms with E-state index in [-0.39, 0.29) is 24.0 Å². The highest BCUT2D eigenvalue weighted by Crippen LogP contribution is 2.18. The maximum atomic E-state index is 13.0. The SMILES string of the molecule is CCc1cc(CN2CC[C@@H](O)C2)ccc1C(=O)Cn1ncc(OCc2ccccc2)cc1=O. The quantitative estimate of drug-likeness (QED) is 0.508. The monoisotopic (exact) mass is 447 g/mol. The van der Waals surface area contributed by atoms with E-state index in [0.717, 1.165) is 40.9 Å². The zero-order valence-electron chi connectivity index (χ0n) is 18.8. The van der Waals surface area contributed by atoms with Crippen LogP contribution in [0.25, 0.3) is 0 Å². The molecule has 0 radical (unpaired) electrons. The molecule has 0 unspecified atom stereocenters. The van der Waals surface area contributed by atoms with Crippen LogP contribution in [-0.2, 0) is 26.1 Å². The molecule has 172 valence electrons. The zero-order valence-corrected chi connectivity index (χ0v) is 18.8. The van der Waals surface area contributed by atoms with Gasteiger partial charge in [-0.05, 0) is 29.5 Å². The molecule has 33 heavy (non-hydrogen) atoms. The van der Waals surface area contributed by atoms with Crippen LogP contribution < -0.4 is 10.3 Å². The first kappa shape index (κ1) is 22.9. The van der Waals surface area contributed by atoms with E-state index in [0.29, 0.717) is 30.9 Å². The predicted molar refractivity (Wildman–Crippen MR) is 125 cm³/mol. The molecule has 0 saturated carbocycles. The third-order valence-corrected chi connectivity index (χ3v) is 5.89. The van der Waals surface area contributed by atoms with E-state index >= 15 is 0 Å². The minimum Gasteiger partial charge on any atom is -0.487 e. The van der Waals surface area contributed by atoms with E-state index in [9.17, 15) is 14.7 Å². The van der Waals surface area contributed by atoms with E-state index in [4.69, 9.17) is 4.74 Å². The molecule has 1 saturated heterocycles. The molecule has 2 heterocycles. The molecular weight excluding hydrogens is 418 g/mol. The Labute approximate surface area is 193 Å². The first-order valence-corrected chi connectivity index (χ1v) is 11.3. The van der Waals surface area contributed by atoms with Gasteiger partial charge in [-0.15, -0.1) is 0 Å². The van der Waals surface area contributed by atoms with Crippen LogP contribution in [0.15, 0.2) is 65.6 Å². The summed E-state index contributed by atoms with van der Waals surface area (Å²) in [6.45, 7) is 4.55. The molecule has 0 aliphatic carbocycles. The van der Waals surface area contributed by atoms with Crippen LogP contribution in [0.1, 0.15) is 40.4 Å². The Morgan fingerprint density at radius 2 is 1.97 bits per heavy atom. The number of hydrogen-bond donors (Lipinski definition) is 1. The van der Waals surface area contributed by atoms with Gasteiger partial charge in [-0.25, -0.2) is 4.68 Å². The summed E-state index contributed by atoms with van der Waals surface area (Å²) in [7, 11) is 0. The maximum absolute atomic E-state index is 13.0. The molecule has 0 bridgehead atoms. The zero-order chi connectivity index (χ0) is 23.2. The summed E-state index contributed by atoms with van der Waals surface area (Å²) in [6, 6.07) is 16.9. The number of Topliss-reactive ketones (excluding diaryl/α,β-unsaturated/α-hetero) is 1. The summed E-state index contributed by atoms with van der Waals surface area (Å²) in [5, 5.41) is 13.9. The molecule has 3 aromatic rings. The lowest BCUT2D eigenvalue weighted by Crippen LogP contribution is -2.26. The highest BCUT2D eigenvalue weighted by Gasteiger charge is 2.21. The fourth-order valence-electron chi connectivity index (χ4n) is 4.10. The summed E-state index contributed by atoms with van der Waals surface area (Å²) in [5.41, 5.74) is 3.30. The number of carbonyl (C=O) groups is 1. The number of carbonyl (C=O) groups excluding carboxylic acids is 1. The molecule has 1 fully saturated rings. The highest BCUT2D eigenvalue weighted by atomic mass is 16.5. The van der Waals surface area contributed by atoms with Crippen LogP contribution in [-0.4, -0.2) is 44.8 Å². The van der Waals surface area contributed by atoms with Crippen molar-refractivity contribution in [3.05, 3.63) is 93.4 Å². The summed E-state index contributed by atoms with van der Waals surface area (Å²) < 4.78 is 6.81. The van der Waals surface area contributed by atoms with Crippen molar-refractivity contribution in [2.75, 3.05) is 13.1 Å². The highest BCUT2D eigenvalue weighted by molar-refractivity contribution is 5.97. The van der Waals surface area contributed by atoms with Crippen molar-refractivity contribution in [2.24, 2.45) is 0 Å². The molecule has 1 atom stereocenters. The van der Waals surface area contributed by atoms with Gasteiger partial charge in [0.05, 0.1) is 12.3 Å². The van der Waals surface area contributed by atoms with Crippen LogP contribution in [0, 0.1) is 0 Å². The fourth-order valence-corrected chi connectivity index (χ4v) is 4.10. The van der Waals surface area contributed by atoms with Crippen LogP contribution in [0.5, 0.6) is 5.75 Å². The lowest BCUT2D eigenvalue weighted by Gasteiger charge is -2.16. The Balaban J connectivity index is 1.41. The van der Waals surface area contributed by atoms with Crippen molar-refractivity contribution in [3.63, 3.8) is 0 Å². The van der Waals surface area contributed by atoms with Crippen molar-refractivity contribution in [3.8, 4) is 5.75 Å². The molecule has 0 spiro atoms. The summed E-state index contributed by atoms with van der Waals surface area (Å²) in [4.78, 5) is 27.7. The minimum absolute atomic E-state index is 0.123. The number of β-amino-alcohol motifs (C(OH)–C–C–N with tert-alkyl or cyclic N) is 1. The Bertz CT molecular complexity index is 1160. The number of nitrogens with zero attached hydrogens (tertiary/aromatic N) is 3. The second-order valence-corrected chi connectivity index (χ2v) is 8.41. The van der Waals surface area contributed by atoms with Crippen LogP contribution in [0.3, 0.4) is 0 Å². The lowest BCUT2D eigenvalue weighted by atomic mass is 9.98. The number of ketones is 1. The molecule has 7 heteroatoms. The van der Waals surface area contributed by atoms with Gasteiger partial charge < -0.3 is 9.84 Å². The van der Waals surface area contributed by atoms with Crippen molar-refractivity contribution in [1.82, 2.24) is 14.7 Å². The van der Waals surface area contributed by atoms with E-state index in [1.54, 1.807) is 0 Å². The summed E-state index contributed by atoms with van der Waals surface area (Å²) >= 11 is 0. The molecule has 1 aromatic heterocycles. The number of aliphatic hydroxyl groups excluding tert-OH is 1. The topological polar surface area (TPSA) is 84.7 Å². The van der Waals surface area contributed by atoms with Gasteiger partial charge in [0.25, 0.3) is 5.56 Å². The van der Waals surface area contributed by atoms with Gasteiger partial charge in [0, 0.05) is 31.3 Å². The number of ether oxygens (including phenoxy) is 1. The number of aryl methyl sites for hydroxylation is 1. The normalized spacial score (nSPS) is 16.1. The molecule has 0 amide bonds. The predicted octanol–water partition coefficient (Wildman–Crippen LogP) is 2.83. The second-order valence-electron chi connectivity index (χ2n) is 8.41. The third-order valence-electron chi connectivity index (χ3n) is 5.89. The Kier molecular flexibility index (Phi) is 7.32. The van der Waals surface area contributed by atoms with Crippen molar-refractivity contribution >= 4 is 5.78 Å². The third kappa shape index (κ3) is 5.94. The Morgan fingerprint density at radius 1 is 1.15 bits per heavy atom. The van der Waals surface area contributed by atoms with Gasteiger partial charge in [0.1, 0.15) is 18.9 Å². The average Bonchev–Trinajstić information content (AvgIpc) is 3.24. The first-order chi connectivity index (χ1) is 16.0. The van der Waals surface area contributed by atoms with Crippen molar-refractivity contribution in [2.45, 2.75) is 45.6 Å². The van der Waals surface area contributed by atoms with E-state index < -0.39 is 0 Å². The molecular formula is C26H29N3O4. The van der Waals surface area contributed by atoms with Crippen molar-refractivity contribution < 1.29 is 14.6 Å². The molecule has 1 aliphatic rings. The molecule has 1 aliphatic heterocycles. The molecule has 7 nitrogen and oxygen atoms in total. The second kappa shape index (κ2) is 10.6. The standard InChI is InChI=1S/C26H29N3O4/c1-2-21-12-20(15-28-11-10-22(30)16-28)8-9-24(21)25(31)17-29-26(32)13-23(14-27-29)33-18-19-6-4-3-5-7-19/h3-9,12-14,22,30H,2,10-11,15-18H2,1H3/t22-/m1/s1. The van der Waals surface area contributed by atoms with Gasteiger partial charge in [-0.3, -0.25) is 14.5 Å². The van der Waals surface area contributed by atoms with Gasteiger partial charge >= 0.3 is 0 Å². The van der Waals surface area contributed by atoms with Gasteiger partial charge in [-0.1, -0.05) is 55.5 Å². The van der Waals surface area contributed by atoms with Gasteiger partial charge in [-0.2, -0.15) is 5.10 Å². The molecule has 1 N–H and O–H groups in total. The fraction of sp³-hybridized carbons (Fsp3) is 0.346. The summed E-state index contributed by atoms with van der Waals surface area (Å²) in [5.74, 6) is 0.223. The number of rotatable bonds is 9. The van der Waals surface area contributed by atoms with Crippen molar-refractivity contribution in [1.29, 1.82) is 0 Å². The lowest BCUT2D eigenvalue weighted by molar-refractivity contribution is 0.0964. The number of aliphatic hydroxyl groups is 1. The number of likely N-dealkylation sites (tertiary alicyclic amines) is 1. The number of hydrogen-bond acceptors (Lipinski definition) is 6. The van der Waals surface area contributed by atoms with Crippen LogP contribution >= 0.6 is 0 Å². The first-order valence-electron chi connectivity index (χ1n) is 11.3. The van der Waals surface area contributed by atoms with E-state index in [1.807, 2.05) is 49.4 Å². The van der Waals surface area contributed by atoms with E-state index in [2.05, 4.69) is 16.1 Å². The number of benzene rings is 2. The summed E-state index contributed by atoms with van der Waals surface area (Å²) in [6.07, 6.45) is 2.73. The largest absolute Gasteiger partial charge is 0.487 e. The average molecular weight is 448 g/mol. The maximum Gasteiger partial charge on any atom is 0.270 e. The van der Waals surface area contributed by atoms with E-state index in [1.165, 1.54) is 12.3 Å². The van der Waals surface area contributed by atoms with Crippen LogP contribution in [0.2, 0.25) is 0 Å². The smallest absolute Gasteiger partial charge is 0.270 e. The minimum atomic E-state index is -0.379. The Hall–Kier alpha value is -3.29.